The Morgan fingerprint density at radius 1 is 1.00 bits per heavy atom. The van der Waals surface area contributed by atoms with Crippen LogP contribution in [0, 0.1) is 13.8 Å². The standard InChI is InChI=1S/C23H29N3S/c1-16-9-14-22(17(2)15-16)24-23(27)26-25-18(3)19-10-12-21(13-11-19)20-7-5-4-6-8-20/h9-15,20H,4-8H2,1-3H3,(H2,24,26,27). The fourth-order valence-electron chi connectivity index (χ4n) is 3.74. The Labute approximate surface area is 168 Å². The van der Waals surface area contributed by atoms with Gasteiger partial charge in [0.15, 0.2) is 5.11 Å². The van der Waals surface area contributed by atoms with Crippen LogP contribution in [0.1, 0.15) is 67.2 Å². The van der Waals surface area contributed by atoms with Crippen LogP contribution in [0.15, 0.2) is 47.6 Å². The first-order chi connectivity index (χ1) is 13.0. The van der Waals surface area contributed by atoms with Gasteiger partial charge in [0.25, 0.3) is 0 Å². The van der Waals surface area contributed by atoms with E-state index in [0.29, 0.717) is 5.11 Å². The SMILES string of the molecule is CC(=NNC(=S)Nc1ccc(C)cc1C)c1ccc(C2CCCCC2)cc1. The van der Waals surface area contributed by atoms with Crippen molar-refractivity contribution in [2.24, 2.45) is 5.10 Å². The number of rotatable bonds is 4. The van der Waals surface area contributed by atoms with Crippen molar-refractivity contribution in [1.82, 2.24) is 5.43 Å². The maximum atomic E-state index is 5.37. The molecule has 3 nitrogen and oxygen atoms in total. The topological polar surface area (TPSA) is 36.4 Å². The largest absolute Gasteiger partial charge is 0.331 e. The maximum Gasteiger partial charge on any atom is 0.191 e. The van der Waals surface area contributed by atoms with E-state index in [-0.39, 0.29) is 0 Å². The fraction of sp³-hybridized carbons (Fsp3) is 0.391. The monoisotopic (exact) mass is 379 g/mol. The summed E-state index contributed by atoms with van der Waals surface area (Å²) in [6.45, 7) is 6.16. The number of thiocarbonyl (C=S) groups is 1. The Bertz CT molecular complexity index is 818. The van der Waals surface area contributed by atoms with Crippen LogP contribution in [0.25, 0.3) is 0 Å². The lowest BCUT2D eigenvalue weighted by Gasteiger charge is -2.22. The zero-order valence-corrected chi connectivity index (χ0v) is 17.3. The molecule has 0 heterocycles. The zero-order valence-electron chi connectivity index (χ0n) is 16.5. The minimum atomic E-state index is 0.500. The van der Waals surface area contributed by atoms with Gasteiger partial charge in [0.2, 0.25) is 0 Å². The molecule has 1 aliphatic rings. The predicted molar refractivity (Wildman–Crippen MR) is 120 cm³/mol. The second-order valence-electron chi connectivity index (χ2n) is 7.54. The lowest BCUT2D eigenvalue weighted by Crippen LogP contribution is -2.25. The Morgan fingerprint density at radius 3 is 2.37 bits per heavy atom. The molecule has 1 fully saturated rings. The molecule has 0 saturated heterocycles. The number of aryl methyl sites for hydroxylation is 2. The van der Waals surface area contributed by atoms with Crippen LogP contribution in [-0.4, -0.2) is 10.8 Å². The molecule has 27 heavy (non-hydrogen) atoms. The molecule has 0 radical (unpaired) electrons. The molecular weight excluding hydrogens is 350 g/mol. The highest BCUT2D eigenvalue weighted by molar-refractivity contribution is 7.80. The number of hydrazone groups is 1. The van der Waals surface area contributed by atoms with Gasteiger partial charge in [-0.05, 0) is 74.5 Å². The minimum absolute atomic E-state index is 0.500. The number of nitrogens with one attached hydrogen (secondary N) is 2. The average molecular weight is 380 g/mol. The highest BCUT2D eigenvalue weighted by Gasteiger charge is 2.15. The molecule has 0 unspecified atom stereocenters. The summed E-state index contributed by atoms with van der Waals surface area (Å²) in [5.41, 5.74) is 9.88. The molecule has 1 aliphatic carbocycles. The third kappa shape index (κ3) is 5.39. The molecule has 1 saturated carbocycles. The van der Waals surface area contributed by atoms with Crippen molar-refractivity contribution in [3.05, 3.63) is 64.7 Å². The van der Waals surface area contributed by atoms with Crippen LogP contribution in [-0.2, 0) is 0 Å². The van der Waals surface area contributed by atoms with Gasteiger partial charge in [-0.25, -0.2) is 0 Å². The van der Waals surface area contributed by atoms with E-state index in [0.717, 1.165) is 28.4 Å². The average Bonchev–Trinajstić information content (AvgIpc) is 2.69. The van der Waals surface area contributed by atoms with Crippen LogP contribution in [0.2, 0.25) is 0 Å². The minimum Gasteiger partial charge on any atom is -0.331 e. The van der Waals surface area contributed by atoms with Crippen LogP contribution in [0.5, 0.6) is 0 Å². The van der Waals surface area contributed by atoms with Crippen LogP contribution < -0.4 is 10.7 Å². The van der Waals surface area contributed by atoms with Crippen LogP contribution in [0.4, 0.5) is 5.69 Å². The van der Waals surface area contributed by atoms with Crippen molar-refractivity contribution in [2.45, 2.75) is 58.8 Å². The summed E-state index contributed by atoms with van der Waals surface area (Å²) < 4.78 is 0. The lowest BCUT2D eigenvalue weighted by molar-refractivity contribution is 0.443. The molecule has 0 aromatic heterocycles. The molecule has 0 atom stereocenters. The normalized spacial score (nSPS) is 15.4. The number of nitrogens with zero attached hydrogens (tertiary/aromatic N) is 1. The second kappa shape index (κ2) is 9.14. The van der Waals surface area contributed by atoms with Crippen molar-refractivity contribution in [3.8, 4) is 0 Å². The molecule has 2 N–H and O–H groups in total. The van der Waals surface area contributed by atoms with E-state index in [2.05, 4.69) is 66.1 Å². The second-order valence-corrected chi connectivity index (χ2v) is 7.95. The Hall–Kier alpha value is -2.20. The number of hydrogen-bond acceptors (Lipinski definition) is 2. The molecule has 4 heteroatoms. The summed E-state index contributed by atoms with van der Waals surface area (Å²) in [4.78, 5) is 0. The summed E-state index contributed by atoms with van der Waals surface area (Å²) in [5.74, 6) is 0.734. The predicted octanol–water partition coefficient (Wildman–Crippen LogP) is 6.06. The van der Waals surface area contributed by atoms with Gasteiger partial charge in [-0.1, -0.05) is 61.2 Å². The molecular formula is C23H29N3S. The van der Waals surface area contributed by atoms with E-state index in [4.69, 9.17) is 12.2 Å². The quantitative estimate of drug-likeness (QED) is 0.385. The van der Waals surface area contributed by atoms with Crippen LogP contribution >= 0.6 is 12.2 Å². The van der Waals surface area contributed by atoms with Crippen molar-refractivity contribution in [3.63, 3.8) is 0 Å². The van der Waals surface area contributed by atoms with Crippen molar-refractivity contribution in [2.75, 3.05) is 5.32 Å². The molecule has 0 bridgehead atoms. The Morgan fingerprint density at radius 2 is 1.70 bits per heavy atom. The molecule has 0 spiro atoms. The summed E-state index contributed by atoms with van der Waals surface area (Å²) in [5, 5.41) is 8.15. The van der Waals surface area contributed by atoms with Gasteiger partial charge in [-0.2, -0.15) is 5.10 Å². The van der Waals surface area contributed by atoms with E-state index in [1.165, 1.54) is 43.2 Å². The third-order valence-electron chi connectivity index (χ3n) is 5.36. The summed E-state index contributed by atoms with van der Waals surface area (Å²) in [6.07, 6.45) is 6.77. The highest BCUT2D eigenvalue weighted by atomic mass is 32.1. The Balaban J connectivity index is 1.58. The molecule has 3 rings (SSSR count). The summed E-state index contributed by atoms with van der Waals surface area (Å²) >= 11 is 5.37. The van der Waals surface area contributed by atoms with E-state index < -0.39 is 0 Å². The number of benzene rings is 2. The van der Waals surface area contributed by atoms with Gasteiger partial charge in [-0.3, -0.25) is 5.43 Å². The van der Waals surface area contributed by atoms with Gasteiger partial charge in [0.05, 0.1) is 5.71 Å². The molecule has 2 aromatic rings. The van der Waals surface area contributed by atoms with E-state index in [1.54, 1.807) is 0 Å². The van der Waals surface area contributed by atoms with Gasteiger partial charge in [0.1, 0.15) is 0 Å². The lowest BCUT2D eigenvalue weighted by atomic mass is 9.84. The Kier molecular flexibility index (Phi) is 6.62. The van der Waals surface area contributed by atoms with Crippen molar-refractivity contribution >= 4 is 28.7 Å². The molecule has 0 amide bonds. The van der Waals surface area contributed by atoms with Crippen molar-refractivity contribution < 1.29 is 0 Å². The van der Waals surface area contributed by atoms with Gasteiger partial charge >= 0.3 is 0 Å². The van der Waals surface area contributed by atoms with E-state index >= 15 is 0 Å². The molecule has 142 valence electrons. The smallest absolute Gasteiger partial charge is 0.191 e. The van der Waals surface area contributed by atoms with Crippen LogP contribution in [0.3, 0.4) is 0 Å². The number of anilines is 1. The highest BCUT2D eigenvalue weighted by Crippen LogP contribution is 2.32. The summed E-state index contributed by atoms with van der Waals surface area (Å²) in [7, 11) is 0. The molecule has 2 aromatic carbocycles. The van der Waals surface area contributed by atoms with E-state index in [1.807, 2.05) is 13.0 Å². The first-order valence-electron chi connectivity index (χ1n) is 9.82. The first kappa shape index (κ1) is 19.6. The fourth-order valence-corrected chi connectivity index (χ4v) is 3.89. The summed E-state index contributed by atoms with van der Waals surface area (Å²) in [6, 6.07) is 15.1. The molecule has 0 aliphatic heterocycles. The third-order valence-corrected chi connectivity index (χ3v) is 5.55. The zero-order chi connectivity index (χ0) is 19.2. The van der Waals surface area contributed by atoms with E-state index in [9.17, 15) is 0 Å². The van der Waals surface area contributed by atoms with Gasteiger partial charge < -0.3 is 5.32 Å². The van der Waals surface area contributed by atoms with Crippen molar-refractivity contribution in [1.29, 1.82) is 0 Å². The van der Waals surface area contributed by atoms with Gasteiger partial charge in [-0.15, -0.1) is 0 Å². The van der Waals surface area contributed by atoms with Gasteiger partial charge in [0, 0.05) is 5.69 Å². The maximum absolute atomic E-state index is 5.37. The number of hydrogen-bond donors (Lipinski definition) is 2. The first-order valence-corrected chi connectivity index (χ1v) is 10.2.